The van der Waals surface area contributed by atoms with E-state index in [2.05, 4.69) is 99.3 Å². The van der Waals surface area contributed by atoms with Crippen molar-refractivity contribution in [2.24, 2.45) is 24.8 Å². The zero-order valence-corrected chi connectivity index (χ0v) is 21.8. The van der Waals surface area contributed by atoms with E-state index in [1.165, 1.54) is 12.0 Å². The molecule has 0 radical (unpaired) electrons. The lowest BCUT2D eigenvalue weighted by Crippen LogP contribution is -2.39. The summed E-state index contributed by atoms with van der Waals surface area (Å²) in [6.45, 7) is 11.1. The second-order valence-electron chi connectivity index (χ2n) is 10.7. The predicted octanol–water partition coefficient (Wildman–Crippen LogP) is 6.12. The molecule has 3 aromatic rings. The van der Waals surface area contributed by atoms with Crippen LogP contribution in [0.4, 0.5) is 0 Å². The van der Waals surface area contributed by atoms with E-state index in [9.17, 15) is 4.79 Å². The number of hydrogen-bond donors (Lipinski definition) is 0. The van der Waals surface area contributed by atoms with Gasteiger partial charge in [-0.3, -0.25) is 0 Å². The van der Waals surface area contributed by atoms with Crippen molar-refractivity contribution in [2.45, 2.75) is 78.9 Å². The van der Waals surface area contributed by atoms with Gasteiger partial charge in [0.15, 0.2) is 11.0 Å². The van der Waals surface area contributed by atoms with Crippen LogP contribution in [0.25, 0.3) is 11.0 Å². The second-order valence-corrected chi connectivity index (χ2v) is 10.7. The average Bonchev–Trinajstić information content (AvgIpc) is 3.10. The molecule has 1 fully saturated rings. The third-order valence-electron chi connectivity index (χ3n) is 7.85. The van der Waals surface area contributed by atoms with Gasteiger partial charge in [-0.25, -0.2) is 13.9 Å². The molecule has 1 heterocycles. The van der Waals surface area contributed by atoms with Crippen LogP contribution in [0, 0.1) is 24.7 Å². The highest BCUT2D eigenvalue weighted by Gasteiger charge is 2.39. The first-order valence-electron chi connectivity index (χ1n) is 13.0. The molecule has 0 N–H and O–H groups in total. The van der Waals surface area contributed by atoms with E-state index in [-0.39, 0.29) is 12.1 Å². The molecule has 4 nitrogen and oxygen atoms in total. The van der Waals surface area contributed by atoms with E-state index in [4.69, 9.17) is 4.74 Å². The topological polar surface area (TPSA) is 35.1 Å². The molecule has 1 saturated carbocycles. The fourth-order valence-corrected chi connectivity index (χ4v) is 5.85. The number of hydrogen-bond acceptors (Lipinski definition) is 2. The van der Waals surface area contributed by atoms with Crippen molar-refractivity contribution in [1.82, 2.24) is 4.57 Å². The van der Waals surface area contributed by atoms with Crippen LogP contribution in [0.5, 0.6) is 0 Å². The molecule has 182 valence electrons. The minimum atomic E-state index is -0.395. The smallest absolute Gasteiger partial charge is 0.352 e. The number of para-hydroxylation sites is 2. The Balaban J connectivity index is 1.75. The summed E-state index contributed by atoms with van der Waals surface area (Å²) in [5.41, 5.74) is 4.62. The largest absolute Gasteiger partial charge is 0.459 e. The maximum Gasteiger partial charge on any atom is 0.352 e. The quantitative estimate of drug-likeness (QED) is 0.314. The molecular weight excluding hydrogens is 420 g/mol. The molecular formula is C30H41N2O2+. The number of carbonyl (C=O) groups excluding carboxylic acids is 1. The van der Waals surface area contributed by atoms with Gasteiger partial charge in [0.25, 0.3) is 5.82 Å². The summed E-state index contributed by atoms with van der Waals surface area (Å²) in [5, 5.41) is 0. The van der Waals surface area contributed by atoms with E-state index in [0.717, 1.165) is 41.7 Å². The second kappa shape index (κ2) is 10.3. The summed E-state index contributed by atoms with van der Waals surface area (Å²) in [6, 6.07) is 16.5. The molecule has 34 heavy (non-hydrogen) atoms. The first-order valence-corrected chi connectivity index (χ1v) is 13.0. The molecule has 4 atom stereocenters. The first kappa shape index (κ1) is 24.5. The summed E-state index contributed by atoms with van der Waals surface area (Å²) in [5.74, 6) is 2.59. The molecule has 1 aliphatic carbocycles. The van der Waals surface area contributed by atoms with E-state index in [1.807, 2.05) is 0 Å². The Morgan fingerprint density at radius 3 is 2.50 bits per heavy atom. The molecule has 0 aliphatic heterocycles. The third kappa shape index (κ3) is 4.92. The van der Waals surface area contributed by atoms with Crippen LogP contribution in [0.1, 0.15) is 70.0 Å². The van der Waals surface area contributed by atoms with Crippen LogP contribution in [0.2, 0.25) is 0 Å². The third-order valence-corrected chi connectivity index (χ3v) is 7.85. The lowest BCUT2D eigenvalue weighted by Gasteiger charge is -2.37. The van der Waals surface area contributed by atoms with Gasteiger partial charge in [-0.05, 0) is 55.2 Å². The summed E-state index contributed by atoms with van der Waals surface area (Å²) >= 11 is 0. The maximum absolute atomic E-state index is 14.0. The Morgan fingerprint density at radius 2 is 1.82 bits per heavy atom. The summed E-state index contributed by atoms with van der Waals surface area (Å²) < 4.78 is 10.9. The van der Waals surface area contributed by atoms with Gasteiger partial charge >= 0.3 is 5.97 Å². The fourth-order valence-electron chi connectivity index (χ4n) is 5.85. The Bertz CT molecular complexity index is 1130. The van der Waals surface area contributed by atoms with Gasteiger partial charge in [0.2, 0.25) is 6.04 Å². The number of aryl methyl sites for hydroxylation is 2. The van der Waals surface area contributed by atoms with Crippen molar-refractivity contribution in [2.75, 3.05) is 0 Å². The first-order chi connectivity index (χ1) is 16.3. The molecule has 1 aliphatic rings. The van der Waals surface area contributed by atoms with Crippen LogP contribution < -0.4 is 4.57 Å². The van der Waals surface area contributed by atoms with Crippen LogP contribution in [-0.4, -0.2) is 16.6 Å². The van der Waals surface area contributed by atoms with Gasteiger partial charge in [0, 0.05) is 12.8 Å². The molecule has 2 aromatic carbocycles. The van der Waals surface area contributed by atoms with Crippen molar-refractivity contribution in [3.05, 3.63) is 65.5 Å². The molecule has 4 heteroatoms. The Kier molecular flexibility index (Phi) is 7.45. The van der Waals surface area contributed by atoms with Crippen molar-refractivity contribution < 1.29 is 14.1 Å². The normalized spacial score (nSPS) is 21.7. The van der Waals surface area contributed by atoms with Crippen molar-refractivity contribution >= 4 is 17.0 Å². The van der Waals surface area contributed by atoms with Gasteiger partial charge in [-0.2, -0.15) is 0 Å². The van der Waals surface area contributed by atoms with Crippen LogP contribution >= 0.6 is 0 Å². The molecule has 0 unspecified atom stereocenters. The minimum Gasteiger partial charge on any atom is -0.459 e. The van der Waals surface area contributed by atoms with Crippen molar-refractivity contribution in [1.29, 1.82) is 0 Å². The molecule has 1 aromatic heterocycles. The SMILES string of the molecule is CCc1n([C@H](Cc2ccc(C)cc2)C(=O)O[C@@H]2C[C@H](C)CC[C@H]2C(C)C)c2ccccc2[n+]1C. The van der Waals surface area contributed by atoms with E-state index in [1.54, 1.807) is 0 Å². The standard InChI is InChI=1S/C30H41N2O2/c1-7-29-31(6)25-10-8-9-11-26(25)32(29)27(19-23-15-12-21(4)13-16-23)30(33)34-28-18-22(5)14-17-24(28)20(2)3/h8-13,15-16,20,22,24,27-28H,7,14,17-19H2,1-6H3/q+1/t22-,24+,27-,28-/m1/s1. The van der Waals surface area contributed by atoms with Gasteiger partial charge in [-0.1, -0.05) is 76.1 Å². The van der Waals surface area contributed by atoms with Crippen molar-refractivity contribution in [3.63, 3.8) is 0 Å². The molecule has 0 bridgehead atoms. The zero-order valence-electron chi connectivity index (χ0n) is 21.8. The number of imidazole rings is 1. The molecule has 4 rings (SSSR count). The van der Waals surface area contributed by atoms with Crippen LogP contribution in [0.3, 0.4) is 0 Å². The number of nitrogens with zero attached hydrogens (tertiary/aromatic N) is 2. The molecule has 0 amide bonds. The van der Waals surface area contributed by atoms with Crippen LogP contribution in [0.15, 0.2) is 48.5 Å². The van der Waals surface area contributed by atoms with Crippen molar-refractivity contribution in [3.8, 4) is 0 Å². The zero-order chi connectivity index (χ0) is 24.4. The Labute approximate surface area is 204 Å². The molecule has 0 saturated heterocycles. The lowest BCUT2D eigenvalue weighted by atomic mass is 9.75. The molecule has 0 spiro atoms. The highest BCUT2D eigenvalue weighted by molar-refractivity contribution is 5.80. The van der Waals surface area contributed by atoms with Gasteiger partial charge in [-0.15, -0.1) is 0 Å². The summed E-state index contributed by atoms with van der Waals surface area (Å²) in [6.07, 6.45) is 4.80. The Hall–Kier alpha value is -2.62. The lowest BCUT2D eigenvalue weighted by molar-refractivity contribution is -0.654. The van der Waals surface area contributed by atoms with Crippen LogP contribution in [-0.2, 0) is 29.4 Å². The van der Waals surface area contributed by atoms with Gasteiger partial charge < -0.3 is 4.74 Å². The number of fused-ring (bicyclic) bond motifs is 1. The number of aromatic nitrogens is 2. The summed E-state index contributed by atoms with van der Waals surface area (Å²) in [4.78, 5) is 14.0. The Morgan fingerprint density at radius 1 is 1.12 bits per heavy atom. The number of esters is 1. The van der Waals surface area contributed by atoms with E-state index in [0.29, 0.717) is 24.2 Å². The highest BCUT2D eigenvalue weighted by atomic mass is 16.5. The maximum atomic E-state index is 14.0. The number of carbonyl (C=O) groups is 1. The fraction of sp³-hybridized carbons (Fsp3) is 0.533. The average molecular weight is 462 g/mol. The number of ether oxygens (including phenoxy) is 1. The highest BCUT2D eigenvalue weighted by Crippen LogP contribution is 2.36. The summed E-state index contributed by atoms with van der Waals surface area (Å²) in [7, 11) is 2.10. The van der Waals surface area contributed by atoms with Gasteiger partial charge in [0.05, 0.1) is 7.05 Å². The van der Waals surface area contributed by atoms with E-state index >= 15 is 0 Å². The van der Waals surface area contributed by atoms with Gasteiger partial charge in [0.1, 0.15) is 6.10 Å². The number of benzene rings is 2. The van der Waals surface area contributed by atoms with E-state index < -0.39 is 6.04 Å². The minimum absolute atomic E-state index is 0.00239. The predicted molar refractivity (Wildman–Crippen MR) is 138 cm³/mol. The number of rotatable bonds is 7. The monoisotopic (exact) mass is 461 g/mol.